The van der Waals surface area contributed by atoms with E-state index in [9.17, 15) is 9.59 Å². The van der Waals surface area contributed by atoms with Crippen molar-refractivity contribution in [3.8, 4) is 0 Å². The topological polar surface area (TPSA) is 37.4 Å². The number of piperidine rings is 1. The Bertz CT molecular complexity index is 483. The molecule has 1 heterocycles. The maximum absolute atomic E-state index is 12.2. The second-order valence-corrected chi connectivity index (χ2v) is 5.77. The summed E-state index contributed by atoms with van der Waals surface area (Å²) in [5, 5.41) is 0. The van der Waals surface area contributed by atoms with Crippen LogP contribution in [-0.2, 0) is 16.1 Å². The number of benzene rings is 1. The van der Waals surface area contributed by atoms with E-state index in [-0.39, 0.29) is 5.91 Å². The first-order valence-corrected chi connectivity index (χ1v) is 7.06. The Morgan fingerprint density at radius 2 is 1.84 bits per heavy atom. The molecule has 0 N–H and O–H groups in total. The minimum atomic E-state index is 0.208. The highest BCUT2D eigenvalue weighted by molar-refractivity contribution is 5.82. The number of likely N-dealkylation sites (tertiary alicyclic amines) is 1. The Morgan fingerprint density at radius 1 is 1.05 bits per heavy atom. The van der Waals surface area contributed by atoms with Gasteiger partial charge in [-0.15, -0.1) is 0 Å². The van der Waals surface area contributed by atoms with Crippen LogP contribution in [0.25, 0.3) is 0 Å². The summed E-state index contributed by atoms with van der Waals surface area (Å²) < 4.78 is 0. The number of carbonyl (C=O) groups excluding carboxylic acids is 2. The first-order valence-electron chi connectivity index (χ1n) is 7.06. The molecule has 2 fully saturated rings. The fourth-order valence-corrected chi connectivity index (χ4v) is 3.32. The Labute approximate surface area is 113 Å². The molecule has 1 aliphatic carbocycles. The SMILES string of the molecule is O=C1CC[C@@H]2CN(Cc3ccccc3)C(=O)C[C@@H]2C1. The van der Waals surface area contributed by atoms with Gasteiger partial charge in [0.25, 0.3) is 0 Å². The van der Waals surface area contributed by atoms with E-state index in [1.165, 1.54) is 5.56 Å². The van der Waals surface area contributed by atoms with Crippen LogP contribution >= 0.6 is 0 Å². The van der Waals surface area contributed by atoms with E-state index in [1.807, 2.05) is 23.1 Å². The third kappa shape index (κ3) is 2.70. The lowest BCUT2D eigenvalue weighted by Gasteiger charge is -2.40. The fourth-order valence-electron chi connectivity index (χ4n) is 3.32. The number of nitrogens with zero attached hydrogens (tertiary/aromatic N) is 1. The molecule has 3 nitrogen and oxygen atoms in total. The van der Waals surface area contributed by atoms with Gasteiger partial charge in [0.2, 0.25) is 5.91 Å². The van der Waals surface area contributed by atoms with Crippen molar-refractivity contribution < 1.29 is 9.59 Å². The lowest BCUT2D eigenvalue weighted by atomic mass is 9.74. The maximum Gasteiger partial charge on any atom is 0.223 e. The molecular weight excluding hydrogens is 238 g/mol. The molecule has 1 aromatic rings. The van der Waals surface area contributed by atoms with Crippen LogP contribution in [0.15, 0.2) is 30.3 Å². The largest absolute Gasteiger partial charge is 0.338 e. The van der Waals surface area contributed by atoms with Crippen molar-refractivity contribution in [2.75, 3.05) is 6.54 Å². The van der Waals surface area contributed by atoms with Gasteiger partial charge < -0.3 is 4.90 Å². The van der Waals surface area contributed by atoms with Crippen LogP contribution in [0.5, 0.6) is 0 Å². The number of Topliss-reactive ketones (excluding diaryl/α,β-unsaturated/α-hetero) is 1. The second kappa shape index (κ2) is 5.16. The van der Waals surface area contributed by atoms with Crippen molar-refractivity contribution >= 4 is 11.7 Å². The molecule has 0 aromatic heterocycles. The van der Waals surface area contributed by atoms with Crippen LogP contribution in [0.1, 0.15) is 31.2 Å². The van der Waals surface area contributed by atoms with Gasteiger partial charge in [-0.05, 0) is 23.8 Å². The first kappa shape index (κ1) is 12.4. The summed E-state index contributed by atoms with van der Waals surface area (Å²) in [7, 11) is 0. The molecule has 1 saturated carbocycles. The number of ketones is 1. The predicted octanol–water partition coefficient (Wildman–Crippen LogP) is 2.40. The summed E-state index contributed by atoms with van der Waals surface area (Å²) in [5.41, 5.74) is 1.18. The van der Waals surface area contributed by atoms with E-state index >= 15 is 0 Å². The van der Waals surface area contributed by atoms with E-state index in [4.69, 9.17) is 0 Å². The van der Waals surface area contributed by atoms with Crippen LogP contribution in [0.3, 0.4) is 0 Å². The Hall–Kier alpha value is -1.64. The number of carbonyl (C=O) groups is 2. The summed E-state index contributed by atoms with van der Waals surface area (Å²) >= 11 is 0. The summed E-state index contributed by atoms with van der Waals surface area (Å²) in [6.45, 7) is 1.53. The standard InChI is InChI=1S/C16H19NO2/c18-15-7-6-13-11-17(16(19)9-14(13)8-15)10-12-4-2-1-3-5-12/h1-5,13-14H,6-11H2/t13-,14+/m1/s1. The van der Waals surface area contributed by atoms with E-state index in [1.54, 1.807) is 0 Å². The second-order valence-electron chi connectivity index (χ2n) is 5.77. The molecule has 0 spiro atoms. The monoisotopic (exact) mass is 257 g/mol. The van der Waals surface area contributed by atoms with Gasteiger partial charge in [-0.3, -0.25) is 9.59 Å². The molecule has 100 valence electrons. The lowest BCUT2D eigenvalue weighted by molar-refractivity contribution is -0.140. The molecule has 3 heteroatoms. The zero-order valence-corrected chi connectivity index (χ0v) is 11.0. The maximum atomic E-state index is 12.2. The van der Waals surface area contributed by atoms with Gasteiger partial charge >= 0.3 is 0 Å². The van der Waals surface area contributed by atoms with Gasteiger partial charge in [0.05, 0.1) is 0 Å². The highest BCUT2D eigenvalue weighted by atomic mass is 16.2. The Morgan fingerprint density at radius 3 is 2.63 bits per heavy atom. The molecule has 0 radical (unpaired) electrons. The van der Waals surface area contributed by atoms with E-state index in [0.717, 1.165) is 13.0 Å². The molecule has 1 amide bonds. The molecule has 2 aliphatic rings. The number of fused-ring (bicyclic) bond motifs is 1. The zero-order valence-electron chi connectivity index (χ0n) is 11.0. The van der Waals surface area contributed by atoms with Gasteiger partial charge in [-0.1, -0.05) is 30.3 Å². The molecule has 3 rings (SSSR count). The van der Waals surface area contributed by atoms with Gasteiger partial charge in [0.15, 0.2) is 0 Å². The summed E-state index contributed by atoms with van der Waals surface area (Å²) in [5.74, 6) is 1.38. The summed E-state index contributed by atoms with van der Waals surface area (Å²) in [6, 6.07) is 10.1. The van der Waals surface area contributed by atoms with Crippen LogP contribution in [0.4, 0.5) is 0 Å². The van der Waals surface area contributed by atoms with Gasteiger partial charge in [0, 0.05) is 32.4 Å². The van der Waals surface area contributed by atoms with Crippen molar-refractivity contribution in [1.82, 2.24) is 4.90 Å². The lowest BCUT2D eigenvalue weighted by Crippen LogP contribution is -2.46. The van der Waals surface area contributed by atoms with Crippen molar-refractivity contribution in [3.05, 3.63) is 35.9 Å². The van der Waals surface area contributed by atoms with Crippen LogP contribution in [0, 0.1) is 11.8 Å². The summed E-state index contributed by atoms with van der Waals surface area (Å²) in [6.07, 6.45) is 2.84. The summed E-state index contributed by atoms with van der Waals surface area (Å²) in [4.78, 5) is 25.6. The van der Waals surface area contributed by atoms with E-state index in [2.05, 4.69) is 12.1 Å². The third-order valence-corrected chi connectivity index (χ3v) is 4.41. The average Bonchev–Trinajstić information content (AvgIpc) is 2.41. The first-order chi connectivity index (χ1) is 9.22. The van der Waals surface area contributed by atoms with Gasteiger partial charge in [-0.2, -0.15) is 0 Å². The normalized spacial score (nSPS) is 27.3. The smallest absolute Gasteiger partial charge is 0.223 e. The Balaban J connectivity index is 1.68. The number of hydrogen-bond acceptors (Lipinski definition) is 2. The molecule has 0 bridgehead atoms. The average molecular weight is 257 g/mol. The number of hydrogen-bond donors (Lipinski definition) is 0. The van der Waals surface area contributed by atoms with E-state index in [0.29, 0.717) is 43.4 Å². The molecule has 1 saturated heterocycles. The molecule has 1 aromatic carbocycles. The van der Waals surface area contributed by atoms with Crippen molar-refractivity contribution in [2.24, 2.45) is 11.8 Å². The zero-order chi connectivity index (χ0) is 13.2. The predicted molar refractivity (Wildman–Crippen MR) is 72.3 cm³/mol. The van der Waals surface area contributed by atoms with Crippen molar-refractivity contribution in [1.29, 1.82) is 0 Å². The minimum absolute atomic E-state index is 0.208. The number of rotatable bonds is 2. The highest BCUT2D eigenvalue weighted by Gasteiger charge is 2.37. The number of amides is 1. The molecule has 2 atom stereocenters. The van der Waals surface area contributed by atoms with Crippen molar-refractivity contribution in [3.63, 3.8) is 0 Å². The van der Waals surface area contributed by atoms with Crippen molar-refractivity contribution in [2.45, 2.75) is 32.2 Å². The Kier molecular flexibility index (Phi) is 3.36. The van der Waals surface area contributed by atoms with Crippen LogP contribution < -0.4 is 0 Å². The van der Waals surface area contributed by atoms with E-state index < -0.39 is 0 Å². The molecule has 1 aliphatic heterocycles. The molecular formula is C16H19NO2. The quantitative estimate of drug-likeness (QED) is 0.816. The van der Waals surface area contributed by atoms with Gasteiger partial charge in [0.1, 0.15) is 5.78 Å². The van der Waals surface area contributed by atoms with Gasteiger partial charge in [-0.25, -0.2) is 0 Å². The minimum Gasteiger partial charge on any atom is -0.338 e. The molecule has 0 unspecified atom stereocenters. The van der Waals surface area contributed by atoms with Crippen LogP contribution in [0.2, 0.25) is 0 Å². The molecule has 19 heavy (non-hydrogen) atoms. The van der Waals surface area contributed by atoms with Crippen LogP contribution in [-0.4, -0.2) is 23.1 Å². The third-order valence-electron chi connectivity index (χ3n) is 4.41. The highest BCUT2D eigenvalue weighted by Crippen LogP contribution is 2.35. The fraction of sp³-hybridized carbons (Fsp3) is 0.500.